The van der Waals surface area contributed by atoms with E-state index in [4.69, 9.17) is 15.0 Å². The minimum absolute atomic E-state index is 0.654. The highest BCUT2D eigenvalue weighted by Crippen LogP contribution is 2.41. The van der Waals surface area contributed by atoms with Crippen LogP contribution in [-0.2, 0) is 12.8 Å². The van der Waals surface area contributed by atoms with Gasteiger partial charge < -0.3 is 9.80 Å². The molecule has 0 N–H and O–H groups in total. The van der Waals surface area contributed by atoms with Gasteiger partial charge in [0.1, 0.15) is 0 Å². The van der Waals surface area contributed by atoms with Crippen molar-refractivity contribution in [2.75, 3.05) is 9.80 Å². The summed E-state index contributed by atoms with van der Waals surface area (Å²) < 4.78 is 0. The Bertz CT molecular complexity index is 2470. The quantitative estimate of drug-likeness (QED) is 0.125. The molecule has 0 aliphatic rings. The van der Waals surface area contributed by atoms with E-state index in [0.29, 0.717) is 17.5 Å². The van der Waals surface area contributed by atoms with Crippen LogP contribution >= 0.6 is 0 Å². The molecule has 5 heteroatoms. The van der Waals surface area contributed by atoms with Crippen molar-refractivity contribution in [2.24, 2.45) is 0 Å². The van der Waals surface area contributed by atoms with Gasteiger partial charge in [0.25, 0.3) is 0 Å². The summed E-state index contributed by atoms with van der Waals surface area (Å²) in [6, 6.07) is 78.3. The Morgan fingerprint density at radius 3 is 0.983 bits per heavy atom. The van der Waals surface area contributed by atoms with Gasteiger partial charge in [0.2, 0.25) is 0 Å². The van der Waals surface area contributed by atoms with E-state index in [-0.39, 0.29) is 0 Å². The normalized spacial score (nSPS) is 10.9. The van der Waals surface area contributed by atoms with Crippen molar-refractivity contribution < 1.29 is 0 Å². The van der Waals surface area contributed by atoms with Gasteiger partial charge in [-0.2, -0.15) is 0 Å². The first-order chi connectivity index (χ1) is 28.7. The molecule has 0 radical (unpaired) electrons. The summed E-state index contributed by atoms with van der Waals surface area (Å²) in [6.07, 6.45) is 1.65. The lowest BCUT2D eigenvalue weighted by Crippen LogP contribution is -2.14. The fourth-order valence-electron chi connectivity index (χ4n) is 7.35. The van der Waals surface area contributed by atoms with E-state index in [0.717, 1.165) is 63.7 Å². The van der Waals surface area contributed by atoms with Gasteiger partial charge in [0.15, 0.2) is 17.5 Å². The van der Waals surface area contributed by atoms with Crippen LogP contribution in [0, 0.1) is 0 Å². The van der Waals surface area contributed by atoms with Crippen LogP contribution in [0.3, 0.4) is 0 Å². The maximum atomic E-state index is 5.00. The number of aryl methyl sites for hydroxylation is 2. The van der Waals surface area contributed by atoms with Crippen molar-refractivity contribution in [3.63, 3.8) is 0 Å². The summed E-state index contributed by atoms with van der Waals surface area (Å²) in [5.74, 6) is 1.96. The molecular weight excluding hydrogens is 707 g/mol. The topological polar surface area (TPSA) is 45.2 Å². The summed E-state index contributed by atoms with van der Waals surface area (Å²) in [5.41, 5.74) is 11.9. The number of aromatic nitrogens is 3. The van der Waals surface area contributed by atoms with Gasteiger partial charge in [-0.25, -0.2) is 15.0 Å². The predicted octanol–water partition coefficient (Wildman–Crippen LogP) is 13.6. The first kappa shape index (κ1) is 36.0. The van der Waals surface area contributed by atoms with E-state index in [2.05, 4.69) is 174 Å². The van der Waals surface area contributed by atoms with Crippen LogP contribution in [0.15, 0.2) is 224 Å². The lowest BCUT2D eigenvalue weighted by Gasteiger charge is -2.30. The number of hydrogen-bond donors (Lipinski definition) is 0. The first-order valence-corrected chi connectivity index (χ1v) is 19.7. The number of para-hydroxylation sites is 4. The Kier molecular flexibility index (Phi) is 10.6. The number of nitrogens with zero attached hydrogens (tertiary/aromatic N) is 5. The highest BCUT2D eigenvalue weighted by Gasteiger charge is 2.19. The fourth-order valence-corrected chi connectivity index (χ4v) is 7.35. The fraction of sp³-hybridized carbons (Fsp3) is 0.0377. The Hall–Kier alpha value is -7.63. The van der Waals surface area contributed by atoms with Crippen molar-refractivity contribution in [3.05, 3.63) is 236 Å². The summed E-state index contributed by atoms with van der Waals surface area (Å²) in [6.45, 7) is 0. The number of benzene rings is 8. The van der Waals surface area contributed by atoms with Gasteiger partial charge in [-0.1, -0.05) is 152 Å². The molecule has 0 saturated carbocycles. The second-order valence-electron chi connectivity index (χ2n) is 14.1. The molecule has 0 amide bonds. The van der Waals surface area contributed by atoms with Crippen LogP contribution in [0.2, 0.25) is 0 Å². The zero-order valence-corrected chi connectivity index (χ0v) is 32.0. The molecule has 0 atom stereocenters. The third kappa shape index (κ3) is 8.15. The van der Waals surface area contributed by atoms with Crippen LogP contribution < -0.4 is 9.80 Å². The van der Waals surface area contributed by atoms with Crippen molar-refractivity contribution in [2.45, 2.75) is 12.8 Å². The standard InChI is InChI=1S/C53H41N5/c1-7-21-42(22-8-1)51-54-52(43-23-9-2-10-24-43)56-53(55-51)44-25-19-20-40(36-44)34-35-41-37-49(57(45-26-11-3-12-27-45)46-28-13-4-14-29-46)39-50(38-41)58(47-30-15-5-16-31-47)48-32-17-6-18-33-48/h1-33,36-39H,34-35H2. The number of anilines is 6. The van der Waals surface area contributed by atoms with Crippen LogP contribution in [0.1, 0.15) is 11.1 Å². The molecular formula is C53H41N5. The van der Waals surface area contributed by atoms with Crippen LogP contribution in [0.4, 0.5) is 34.1 Å². The minimum atomic E-state index is 0.654. The predicted molar refractivity (Wildman–Crippen MR) is 239 cm³/mol. The molecule has 1 aromatic heterocycles. The highest BCUT2D eigenvalue weighted by molar-refractivity contribution is 5.83. The molecule has 0 aliphatic heterocycles. The third-order valence-corrected chi connectivity index (χ3v) is 10.1. The zero-order chi connectivity index (χ0) is 38.9. The Labute approximate surface area is 340 Å². The SMILES string of the molecule is c1ccc(-c2nc(-c3ccccc3)nc(-c3cccc(CCc4cc(N(c5ccccc5)c5ccccc5)cc(N(c5ccccc5)c5ccccc5)c4)c3)n2)cc1. The van der Waals surface area contributed by atoms with Gasteiger partial charge in [-0.05, 0) is 96.8 Å². The van der Waals surface area contributed by atoms with Gasteiger partial charge in [-0.3, -0.25) is 0 Å². The van der Waals surface area contributed by atoms with Gasteiger partial charge in [-0.15, -0.1) is 0 Å². The second kappa shape index (κ2) is 17.0. The summed E-state index contributed by atoms with van der Waals surface area (Å²) in [7, 11) is 0. The summed E-state index contributed by atoms with van der Waals surface area (Å²) in [5, 5.41) is 0. The molecule has 0 fully saturated rings. The average Bonchev–Trinajstić information content (AvgIpc) is 3.30. The van der Waals surface area contributed by atoms with Gasteiger partial charge in [0.05, 0.1) is 0 Å². The largest absolute Gasteiger partial charge is 0.310 e. The molecule has 0 saturated heterocycles. The van der Waals surface area contributed by atoms with Crippen molar-refractivity contribution in [1.29, 1.82) is 0 Å². The lowest BCUT2D eigenvalue weighted by molar-refractivity contribution is 0.958. The highest BCUT2D eigenvalue weighted by atomic mass is 15.2. The molecule has 0 spiro atoms. The molecule has 0 unspecified atom stereocenters. The average molecular weight is 748 g/mol. The van der Waals surface area contributed by atoms with Gasteiger partial charge in [0, 0.05) is 50.8 Å². The zero-order valence-electron chi connectivity index (χ0n) is 32.0. The van der Waals surface area contributed by atoms with Crippen molar-refractivity contribution in [1.82, 2.24) is 15.0 Å². The molecule has 0 aliphatic carbocycles. The Morgan fingerprint density at radius 1 is 0.259 bits per heavy atom. The molecule has 9 aromatic rings. The number of hydrogen-bond acceptors (Lipinski definition) is 5. The van der Waals surface area contributed by atoms with Crippen molar-refractivity contribution in [3.8, 4) is 34.2 Å². The molecule has 5 nitrogen and oxygen atoms in total. The van der Waals surface area contributed by atoms with Crippen LogP contribution in [0.25, 0.3) is 34.2 Å². The van der Waals surface area contributed by atoms with E-state index in [1.54, 1.807) is 0 Å². The minimum Gasteiger partial charge on any atom is -0.310 e. The smallest absolute Gasteiger partial charge is 0.164 e. The molecule has 0 bridgehead atoms. The Balaban J connectivity index is 1.12. The summed E-state index contributed by atoms with van der Waals surface area (Å²) in [4.78, 5) is 19.6. The monoisotopic (exact) mass is 747 g/mol. The maximum absolute atomic E-state index is 5.00. The van der Waals surface area contributed by atoms with E-state index in [1.807, 2.05) is 60.7 Å². The Morgan fingerprint density at radius 2 is 0.586 bits per heavy atom. The molecule has 8 aromatic carbocycles. The summed E-state index contributed by atoms with van der Waals surface area (Å²) >= 11 is 0. The van der Waals surface area contributed by atoms with E-state index in [1.165, 1.54) is 11.1 Å². The number of rotatable bonds is 12. The molecule has 9 rings (SSSR count). The lowest BCUT2D eigenvalue weighted by atomic mass is 10.00. The van der Waals surface area contributed by atoms with Crippen LogP contribution in [0.5, 0.6) is 0 Å². The van der Waals surface area contributed by atoms with E-state index >= 15 is 0 Å². The van der Waals surface area contributed by atoms with E-state index in [9.17, 15) is 0 Å². The first-order valence-electron chi connectivity index (χ1n) is 19.7. The molecule has 1 heterocycles. The van der Waals surface area contributed by atoms with Crippen molar-refractivity contribution >= 4 is 34.1 Å². The second-order valence-corrected chi connectivity index (χ2v) is 14.1. The maximum Gasteiger partial charge on any atom is 0.164 e. The van der Waals surface area contributed by atoms with E-state index < -0.39 is 0 Å². The third-order valence-electron chi connectivity index (χ3n) is 10.1. The molecule has 278 valence electrons. The van der Waals surface area contributed by atoms with Crippen LogP contribution in [-0.4, -0.2) is 15.0 Å². The van der Waals surface area contributed by atoms with Gasteiger partial charge >= 0.3 is 0 Å². The molecule has 58 heavy (non-hydrogen) atoms.